The van der Waals surface area contributed by atoms with Crippen molar-refractivity contribution in [2.24, 2.45) is 0 Å². The number of hydrogen-bond acceptors (Lipinski definition) is 2. The van der Waals surface area contributed by atoms with Gasteiger partial charge in [-0.25, -0.2) is 0 Å². The highest BCUT2D eigenvalue weighted by Crippen LogP contribution is 2.12. The van der Waals surface area contributed by atoms with Gasteiger partial charge < -0.3 is 14.8 Å². The van der Waals surface area contributed by atoms with Gasteiger partial charge >= 0.3 is 0 Å². The number of rotatable bonds is 5. The van der Waals surface area contributed by atoms with Crippen LogP contribution in [0.1, 0.15) is 25.5 Å². The molecule has 0 aliphatic rings. The van der Waals surface area contributed by atoms with Crippen LogP contribution in [0, 0.1) is 0 Å². The molecule has 1 heterocycles. The molecule has 1 unspecified atom stereocenters. The molecule has 0 spiro atoms. The lowest BCUT2D eigenvalue weighted by atomic mass is 10.2. The first-order valence-electron chi connectivity index (χ1n) is 5.63. The van der Waals surface area contributed by atoms with E-state index in [0.717, 1.165) is 6.54 Å². The van der Waals surface area contributed by atoms with Crippen LogP contribution in [-0.4, -0.2) is 36.0 Å². The van der Waals surface area contributed by atoms with Crippen LogP contribution in [-0.2, 0) is 11.3 Å². The molecule has 1 amide bonds. The highest BCUT2D eigenvalue weighted by molar-refractivity contribution is 5.75. The Balaban J connectivity index is 2.61. The molecule has 1 rings (SSSR count). The molecular formula is C12H21N3O. The number of nitrogens with one attached hydrogen (secondary N) is 1. The van der Waals surface area contributed by atoms with Gasteiger partial charge in [0.05, 0.1) is 0 Å². The van der Waals surface area contributed by atoms with E-state index in [1.165, 1.54) is 5.56 Å². The number of hydrogen-bond donors (Lipinski definition) is 1. The van der Waals surface area contributed by atoms with E-state index in [1.54, 1.807) is 19.0 Å². The fourth-order valence-corrected chi connectivity index (χ4v) is 1.54. The molecule has 0 aliphatic heterocycles. The molecule has 0 fully saturated rings. The molecule has 1 atom stereocenters. The van der Waals surface area contributed by atoms with Crippen LogP contribution in [0.2, 0.25) is 0 Å². The summed E-state index contributed by atoms with van der Waals surface area (Å²) in [5.74, 6) is 0.109. The van der Waals surface area contributed by atoms with Crippen LogP contribution in [0.5, 0.6) is 0 Å². The fraction of sp³-hybridized carbons (Fsp3) is 0.583. The van der Waals surface area contributed by atoms with Crippen molar-refractivity contribution in [1.82, 2.24) is 14.8 Å². The van der Waals surface area contributed by atoms with E-state index in [4.69, 9.17) is 0 Å². The first-order chi connectivity index (χ1) is 7.54. The van der Waals surface area contributed by atoms with Gasteiger partial charge in [-0.3, -0.25) is 4.79 Å². The van der Waals surface area contributed by atoms with Crippen molar-refractivity contribution in [1.29, 1.82) is 0 Å². The van der Waals surface area contributed by atoms with Crippen molar-refractivity contribution in [2.75, 3.05) is 20.6 Å². The van der Waals surface area contributed by atoms with Crippen LogP contribution in [0.4, 0.5) is 0 Å². The molecule has 0 aromatic carbocycles. The summed E-state index contributed by atoms with van der Waals surface area (Å²) in [6.07, 6.45) is 3.97. The van der Waals surface area contributed by atoms with Crippen LogP contribution in [0.3, 0.4) is 0 Å². The van der Waals surface area contributed by atoms with Crippen molar-refractivity contribution in [3.05, 3.63) is 24.0 Å². The minimum absolute atomic E-state index is 0.109. The summed E-state index contributed by atoms with van der Waals surface area (Å²) in [5.41, 5.74) is 1.22. The van der Waals surface area contributed by atoms with Crippen LogP contribution >= 0.6 is 0 Å². The van der Waals surface area contributed by atoms with Gasteiger partial charge in [0, 0.05) is 32.5 Å². The highest BCUT2D eigenvalue weighted by Gasteiger charge is 2.08. The monoisotopic (exact) mass is 223 g/mol. The normalized spacial score (nSPS) is 12.5. The van der Waals surface area contributed by atoms with Gasteiger partial charge in [-0.2, -0.15) is 0 Å². The number of aromatic nitrogens is 1. The van der Waals surface area contributed by atoms with Crippen LogP contribution < -0.4 is 5.32 Å². The third kappa shape index (κ3) is 3.38. The first-order valence-corrected chi connectivity index (χ1v) is 5.63. The fourth-order valence-electron chi connectivity index (χ4n) is 1.54. The third-order valence-corrected chi connectivity index (χ3v) is 2.60. The second-order valence-corrected chi connectivity index (χ2v) is 4.18. The lowest BCUT2D eigenvalue weighted by Gasteiger charge is -2.11. The lowest BCUT2D eigenvalue weighted by Crippen LogP contribution is -2.25. The topological polar surface area (TPSA) is 37.3 Å². The lowest BCUT2D eigenvalue weighted by molar-refractivity contribution is -0.129. The Morgan fingerprint density at radius 3 is 2.81 bits per heavy atom. The minimum Gasteiger partial charge on any atom is -0.347 e. The molecule has 0 aliphatic carbocycles. The predicted octanol–water partition coefficient (Wildman–Crippen LogP) is 1.25. The Hall–Kier alpha value is -1.29. The smallest absolute Gasteiger partial charge is 0.241 e. The largest absolute Gasteiger partial charge is 0.347 e. The average Bonchev–Trinajstić information content (AvgIpc) is 2.66. The molecule has 0 saturated heterocycles. The van der Waals surface area contributed by atoms with Gasteiger partial charge in [-0.05, 0) is 25.1 Å². The summed E-state index contributed by atoms with van der Waals surface area (Å²) in [5, 5.41) is 3.34. The highest BCUT2D eigenvalue weighted by atomic mass is 16.2. The zero-order valence-corrected chi connectivity index (χ0v) is 10.5. The molecule has 1 N–H and O–H groups in total. The second kappa shape index (κ2) is 5.70. The van der Waals surface area contributed by atoms with Gasteiger partial charge in [0.15, 0.2) is 0 Å². The maximum Gasteiger partial charge on any atom is 0.241 e. The van der Waals surface area contributed by atoms with E-state index < -0.39 is 0 Å². The summed E-state index contributed by atoms with van der Waals surface area (Å²) in [4.78, 5) is 13.1. The number of likely N-dealkylation sites (N-methyl/N-ethyl adjacent to an activating group) is 1. The van der Waals surface area contributed by atoms with Gasteiger partial charge in [0.25, 0.3) is 0 Å². The summed E-state index contributed by atoms with van der Waals surface area (Å²) in [6, 6.07) is 2.39. The van der Waals surface area contributed by atoms with Crippen LogP contribution in [0.15, 0.2) is 18.5 Å². The molecule has 1 aromatic rings. The molecule has 4 heteroatoms. The number of amides is 1. The molecule has 0 radical (unpaired) electrons. The van der Waals surface area contributed by atoms with E-state index >= 15 is 0 Å². The Bertz CT molecular complexity index is 344. The van der Waals surface area contributed by atoms with E-state index in [1.807, 2.05) is 17.0 Å². The maximum absolute atomic E-state index is 11.5. The van der Waals surface area contributed by atoms with E-state index in [0.29, 0.717) is 12.6 Å². The van der Waals surface area contributed by atoms with E-state index in [2.05, 4.69) is 25.2 Å². The minimum atomic E-state index is 0.109. The Labute approximate surface area is 97.2 Å². The van der Waals surface area contributed by atoms with Crippen molar-refractivity contribution in [3.8, 4) is 0 Å². The van der Waals surface area contributed by atoms with Crippen molar-refractivity contribution in [3.63, 3.8) is 0 Å². The Morgan fingerprint density at radius 1 is 1.56 bits per heavy atom. The van der Waals surface area contributed by atoms with Crippen molar-refractivity contribution < 1.29 is 4.79 Å². The standard InChI is InChI=1S/C12H21N3O/c1-5-13-10(2)11-6-7-15(8-11)9-12(16)14(3)4/h6-8,10,13H,5,9H2,1-4H3. The Morgan fingerprint density at radius 2 is 2.25 bits per heavy atom. The Kier molecular flexibility index (Phi) is 4.55. The first kappa shape index (κ1) is 12.8. The van der Waals surface area contributed by atoms with Crippen LogP contribution in [0.25, 0.3) is 0 Å². The van der Waals surface area contributed by atoms with Gasteiger partial charge in [0.2, 0.25) is 5.91 Å². The van der Waals surface area contributed by atoms with E-state index in [9.17, 15) is 4.79 Å². The number of carbonyl (C=O) groups is 1. The molecule has 16 heavy (non-hydrogen) atoms. The predicted molar refractivity (Wildman–Crippen MR) is 65.2 cm³/mol. The zero-order chi connectivity index (χ0) is 12.1. The third-order valence-electron chi connectivity index (χ3n) is 2.60. The van der Waals surface area contributed by atoms with Gasteiger partial charge in [-0.1, -0.05) is 6.92 Å². The van der Waals surface area contributed by atoms with Gasteiger partial charge in [-0.15, -0.1) is 0 Å². The zero-order valence-electron chi connectivity index (χ0n) is 10.5. The molecular weight excluding hydrogens is 202 g/mol. The average molecular weight is 223 g/mol. The summed E-state index contributed by atoms with van der Waals surface area (Å²) in [7, 11) is 3.54. The van der Waals surface area contributed by atoms with Crippen molar-refractivity contribution >= 4 is 5.91 Å². The SMILES string of the molecule is CCNC(C)c1ccn(CC(=O)N(C)C)c1. The molecule has 0 bridgehead atoms. The number of carbonyl (C=O) groups excluding carboxylic acids is 1. The summed E-state index contributed by atoms with van der Waals surface area (Å²) in [6.45, 7) is 5.56. The van der Waals surface area contributed by atoms with Crippen molar-refractivity contribution in [2.45, 2.75) is 26.4 Å². The molecule has 1 aromatic heterocycles. The molecule has 0 saturated carbocycles. The number of nitrogens with zero attached hydrogens (tertiary/aromatic N) is 2. The summed E-state index contributed by atoms with van der Waals surface area (Å²) >= 11 is 0. The molecule has 4 nitrogen and oxygen atoms in total. The summed E-state index contributed by atoms with van der Waals surface area (Å²) < 4.78 is 1.92. The molecule has 90 valence electrons. The second-order valence-electron chi connectivity index (χ2n) is 4.18. The van der Waals surface area contributed by atoms with Gasteiger partial charge in [0.1, 0.15) is 6.54 Å². The quantitative estimate of drug-likeness (QED) is 0.815. The maximum atomic E-state index is 11.5. The van der Waals surface area contributed by atoms with E-state index in [-0.39, 0.29) is 5.91 Å².